The molecule has 0 radical (unpaired) electrons. The lowest BCUT2D eigenvalue weighted by Crippen LogP contribution is -2.34. The van der Waals surface area contributed by atoms with E-state index in [4.69, 9.17) is 0 Å². The number of hydrogen-bond acceptors (Lipinski definition) is 1. The van der Waals surface area contributed by atoms with Gasteiger partial charge >= 0.3 is 0 Å². The maximum Gasteiger partial charge on any atom is -0.00178 e. The van der Waals surface area contributed by atoms with Gasteiger partial charge in [0.25, 0.3) is 0 Å². The molecule has 1 aromatic carbocycles. The molecule has 0 heterocycles. The minimum atomic E-state index is 0.870. The molecule has 0 aromatic heterocycles. The van der Waals surface area contributed by atoms with Gasteiger partial charge in [0.15, 0.2) is 0 Å². The number of benzene rings is 1. The fourth-order valence-corrected chi connectivity index (χ4v) is 3.92. The van der Waals surface area contributed by atoms with Gasteiger partial charge in [-0.2, -0.15) is 0 Å². The smallest absolute Gasteiger partial charge is 0.00178 e. The topological polar surface area (TPSA) is 12.0 Å². The molecule has 0 aliphatic heterocycles. The van der Waals surface area contributed by atoms with Gasteiger partial charge in [0, 0.05) is 0 Å². The molecule has 3 unspecified atom stereocenters. The molecular formula is C20H33N. The lowest BCUT2D eigenvalue weighted by atomic mass is 9.71. The van der Waals surface area contributed by atoms with Crippen molar-refractivity contribution >= 4 is 0 Å². The number of hydrogen-bond donors (Lipinski definition) is 1. The van der Waals surface area contributed by atoms with Gasteiger partial charge in [-0.25, -0.2) is 0 Å². The van der Waals surface area contributed by atoms with Crippen LogP contribution in [0, 0.1) is 24.7 Å². The largest absolute Gasteiger partial charge is 0.316 e. The highest BCUT2D eigenvalue weighted by Crippen LogP contribution is 2.37. The molecule has 0 amide bonds. The van der Waals surface area contributed by atoms with Crippen molar-refractivity contribution in [1.29, 1.82) is 0 Å². The monoisotopic (exact) mass is 287 g/mol. The van der Waals surface area contributed by atoms with E-state index in [0.29, 0.717) is 0 Å². The van der Waals surface area contributed by atoms with Gasteiger partial charge in [0.1, 0.15) is 0 Å². The number of rotatable bonds is 7. The molecule has 1 nitrogen and oxygen atoms in total. The van der Waals surface area contributed by atoms with E-state index in [2.05, 4.69) is 50.4 Å². The van der Waals surface area contributed by atoms with Crippen molar-refractivity contribution in [3.63, 3.8) is 0 Å². The van der Waals surface area contributed by atoms with Crippen molar-refractivity contribution in [2.75, 3.05) is 13.1 Å². The summed E-state index contributed by atoms with van der Waals surface area (Å²) in [5, 5.41) is 3.66. The lowest BCUT2D eigenvalue weighted by Gasteiger charge is -2.36. The Labute approximate surface area is 131 Å². The maximum absolute atomic E-state index is 3.66. The molecule has 1 heteroatoms. The van der Waals surface area contributed by atoms with Crippen LogP contribution in [-0.4, -0.2) is 13.1 Å². The molecule has 1 N–H and O–H groups in total. The van der Waals surface area contributed by atoms with Crippen LogP contribution < -0.4 is 5.32 Å². The van der Waals surface area contributed by atoms with Crippen LogP contribution in [0.25, 0.3) is 0 Å². The van der Waals surface area contributed by atoms with E-state index in [-0.39, 0.29) is 0 Å². The molecule has 21 heavy (non-hydrogen) atoms. The summed E-state index contributed by atoms with van der Waals surface area (Å²) >= 11 is 0. The van der Waals surface area contributed by atoms with E-state index in [1.54, 1.807) is 0 Å². The van der Waals surface area contributed by atoms with Gasteiger partial charge in [-0.05, 0) is 69.0 Å². The summed E-state index contributed by atoms with van der Waals surface area (Å²) in [5.41, 5.74) is 2.94. The Morgan fingerprint density at radius 2 is 2.00 bits per heavy atom. The molecule has 0 saturated heterocycles. The first-order valence-electron chi connectivity index (χ1n) is 8.99. The molecule has 0 spiro atoms. The van der Waals surface area contributed by atoms with Gasteiger partial charge in [-0.1, -0.05) is 56.5 Å². The molecule has 1 fully saturated rings. The maximum atomic E-state index is 3.66. The van der Waals surface area contributed by atoms with Crippen molar-refractivity contribution in [2.45, 2.75) is 59.3 Å². The Morgan fingerprint density at radius 3 is 2.71 bits per heavy atom. The highest BCUT2D eigenvalue weighted by atomic mass is 14.9. The predicted octanol–water partition coefficient (Wildman–Crippen LogP) is 4.98. The number of nitrogens with one attached hydrogen (secondary N) is 1. The minimum Gasteiger partial charge on any atom is -0.316 e. The van der Waals surface area contributed by atoms with Crippen LogP contribution in [0.15, 0.2) is 24.3 Å². The summed E-state index contributed by atoms with van der Waals surface area (Å²) in [4.78, 5) is 0. The quantitative estimate of drug-likeness (QED) is 0.697. The normalized spacial score (nSPS) is 26.0. The van der Waals surface area contributed by atoms with E-state index in [1.807, 2.05) is 0 Å². The van der Waals surface area contributed by atoms with Gasteiger partial charge in [0.05, 0.1) is 0 Å². The third-order valence-corrected chi connectivity index (χ3v) is 5.24. The van der Waals surface area contributed by atoms with Crippen molar-refractivity contribution < 1.29 is 0 Å². The van der Waals surface area contributed by atoms with Gasteiger partial charge in [0.2, 0.25) is 0 Å². The van der Waals surface area contributed by atoms with E-state index in [9.17, 15) is 0 Å². The van der Waals surface area contributed by atoms with Crippen LogP contribution >= 0.6 is 0 Å². The molecule has 3 atom stereocenters. The SMILES string of the molecule is CCCNCC1CCC(CC)CC1Cc1cccc(C)c1. The Kier molecular flexibility index (Phi) is 6.76. The van der Waals surface area contributed by atoms with Crippen LogP contribution in [0.2, 0.25) is 0 Å². The molecule has 0 bridgehead atoms. The second-order valence-electron chi connectivity index (χ2n) is 7.00. The van der Waals surface area contributed by atoms with E-state index in [0.717, 1.165) is 17.8 Å². The third-order valence-electron chi connectivity index (χ3n) is 5.24. The zero-order valence-corrected chi connectivity index (χ0v) is 14.2. The van der Waals surface area contributed by atoms with Crippen LogP contribution in [0.4, 0.5) is 0 Å². The number of aryl methyl sites for hydroxylation is 1. The molecule has 1 aromatic rings. The molecule has 2 rings (SSSR count). The van der Waals surface area contributed by atoms with E-state index < -0.39 is 0 Å². The summed E-state index contributed by atoms with van der Waals surface area (Å²) in [7, 11) is 0. The zero-order chi connectivity index (χ0) is 15.1. The van der Waals surface area contributed by atoms with Crippen LogP contribution in [0.5, 0.6) is 0 Å². The summed E-state index contributed by atoms with van der Waals surface area (Å²) < 4.78 is 0. The Bertz CT molecular complexity index is 410. The van der Waals surface area contributed by atoms with Crippen molar-refractivity contribution in [3.05, 3.63) is 35.4 Å². The summed E-state index contributed by atoms with van der Waals surface area (Å²) in [6.45, 7) is 9.22. The van der Waals surface area contributed by atoms with E-state index >= 15 is 0 Å². The van der Waals surface area contributed by atoms with E-state index in [1.165, 1.54) is 62.7 Å². The van der Waals surface area contributed by atoms with Crippen LogP contribution in [0.3, 0.4) is 0 Å². The second kappa shape index (κ2) is 8.58. The third kappa shape index (κ3) is 5.14. The predicted molar refractivity (Wildman–Crippen MR) is 92.7 cm³/mol. The summed E-state index contributed by atoms with van der Waals surface area (Å²) in [5.74, 6) is 2.71. The highest BCUT2D eigenvalue weighted by Gasteiger charge is 2.29. The first-order valence-corrected chi connectivity index (χ1v) is 8.99. The zero-order valence-electron chi connectivity index (χ0n) is 14.2. The average Bonchev–Trinajstić information content (AvgIpc) is 2.49. The lowest BCUT2D eigenvalue weighted by molar-refractivity contribution is 0.171. The van der Waals surface area contributed by atoms with Gasteiger partial charge in [-0.15, -0.1) is 0 Å². The van der Waals surface area contributed by atoms with Crippen molar-refractivity contribution in [3.8, 4) is 0 Å². The molecule has 118 valence electrons. The second-order valence-corrected chi connectivity index (χ2v) is 7.00. The average molecular weight is 287 g/mol. The first-order chi connectivity index (χ1) is 10.2. The minimum absolute atomic E-state index is 0.870. The van der Waals surface area contributed by atoms with Gasteiger partial charge in [-0.3, -0.25) is 0 Å². The Morgan fingerprint density at radius 1 is 1.14 bits per heavy atom. The molecule has 1 aliphatic rings. The molecule has 1 aliphatic carbocycles. The Balaban J connectivity index is 1.98. The Hall–Kier alpha value is -0.820. The standard InChI is InChI=1S/C20H33N/c1-4-11-21-15-19-10-9-17(5-2)13-20(19)14-18-8-6-7-16(3)12-18/h6-8,12,17,19-21H,4-5,9-11,13-15H2,1-3H3. The highest BCUT2D eigenvalue weighted by molar-refractivity contribution is 5.22. The van der Waals surface area contributed by atoms with Crippen LogP contribution in [0.1, 0.15) is 57.1 Å². The fourth-order valence-electron chi connectivity index (χ4n) is 3.92. The van der Waals surface area contributed by atoms with Crippen LogP contribution in [-0.2, 0) is 6.42 Å². The fraction of sp³-hybridized carbons (Fsp3) is 0.700. The molecular weight excluding hydrogens is 254 g/mol. The summed E-state index contributed by atoms with van der Waals surface area (Å²) in [6.07, 6.45) is 8.18. The summed E-state index contributed by atoms with van der Waals surface area (Å²) in [6, 6.07) is 9.12. The van der Waals surface area contributed by atoms with Crippen molar-refractivity contribution in [2.24, 2.45) is 17.8 Å². The van der Waals surface area contributed by atoms with Gasteiger partial charge < -0.3 is 5.32 Å². The molecule has 1 saturated carbocycles. The van der Waals surface area contributed by atoms with Crippen molar-refractivity contribution in [1.82, 2.24) is 5.32 Å². The first kappa shape index (κ1) is 16.5.